The molecule has 0 spiro atoms. The highest BCUT2D eigenvalue weighted by Gasteiger charge is 2.18. The smallest absolute Gasteiger partial charge is 0.137 e. The monoisotopic (exact) mass is 246 g/mol. The van der Waals surface area contributed by atoms with E-state index in [0.29, 0.717) is 12.3 Å². The lowest BCUT2D eigenvalue weighted by Crippen LogP contribution is -2.36. The molecule has 0 aliphatic carbocycles. The number of fused-ring (bicyclic) bond motifs is 1. The molecular formula is C13H18N4O. The summed E-state index contributed by atoms with van der Waals surface area (Å²) < 4.78 is 5.18. The highest BCUT2D eigenvalue weighted by Crippen LogP contribution is 2.23. The Hall–Kier alpha value is -1.88. The fourth-order valence-electron chi connectivity index (χ4n) is 1.89. The van der Waals surface area contributed by atoms with Gasteiger partial charge in [0.1, 0.15) is 12.1 Å². The van der Waals surface area contributed by atoms with Crippen LogP contribution in [0.1, 0.15) is 13.8 Å². The molecule has 0 unspecified atom stereocenters. The first-order chi connectivity index (χ1) is 8.52. The number of anilines is 2. The molecule has 0 bridgehead atoms. The van der Waals surface area contributed by atoms with Crippen LogP contribution >= 0.6 is 0 Å². The van der Waals surface area contributed by atoms with Gasteiger partial charge in [-0.1, -0.05) is 0 Å². The van der Waals surface area contributed by atoms with Gasteiger partial charge in [-0.05, 0) is 32.0 Å². The zero-order chi connectivity index (χ0) is 13.2. The Bertz CT molecular complexity index is 554. The molecule has 2 rings (SSSR count). The van der Waals surface area contributed by atoms with Gasteiger partial charge in [-0.15, -0.1) is 0 Å². The third kappa shape index (κ3) is 2.68. The maximum absolute atomic E-state index is 5.75. The molecule has 0 atom stereocenters. The summed E-state index contributed by atoms with van der Waals surface area (Å²) in [5.41, 5.74) is 7.08. The highest BCUT2D eigenvalue weighted by molar-refractivity contribution is 5.90. The van der Waals surface area contributed by atoms with Crippen molar-refractivity contribution in [3.05, 3.63) is 24.5 Å². The Morgan fingerprint density at radius 1 is 1.33 bits per heavy atom. The number of nitrogens with zero attached hydrogens (tertiary/aromatic N) is 2. The number of aromatic nitrogens is 2. The molecular weight excluding hydrogens is 228 g/mol. The lowest BCUT2D eigenvalue weighted by atomic mass is 10.1. The quantitative estimate of drug-likeness (QED) is 0.808. The number of nitrogen functional groups attached to an aromatic ring is 1. The van der Waals surface area contributed by atoms with Gasteiger partial charge in [-0.25, -0.2) is 9.97 Å². The number of ether oxygens (including phenoxy) is 1. The van der Waals surface area contributed by atoms with Gasteiger partial charge in [0.2, 0.25) is 0 Å². The van der Waals surface area contributed by atoms with Crippen LogP contribution in [-0.2, 0) is 4.74 Å². The highest BCUT2D eigenvalue weighted by atomic mass is 16.5. The molecule has 0 fully saturated rings. The number of benzene rings is 1. The van der Waals surface area contributed by atoms with E-state index in [4.69, 9.17) is 10.5 Å². The summed E-state index contributed by atoms with van der Waals surface area (Å²) in [5, 5.41) is 4.32. The molecule has 0 saturated carbocycles. The van der Waals surface area contributed by atoms with E-state index < -0.39 is 0 Å². The summed E-state index contributed by atoms with van der Waals surface area (Å²) in [6.07, 6.45) is 1.53. The van der Waals surface area contributed by atoms with Crippen molar-refractivity contribution in [3.63, 3.8) is 0 Å². The van der Waals surface area contributed by atoms with Gasteiger partial charge in [0.25, 0.3) is 0 Å². The normalized spacial score (nSPS) is 11.7. The van der Waals surface area contributed by atoms with Gasteiger partial charge >= 0.3 is 0 Å². The van der Waals surface area contributed by atoms with Crippen molar-refractivity contribution in [1.82, 2.24) is 9.97 Å². The zero-order valence-corrected chi connectivity index (χ0v) is 10.9. The van der Waals surface area contributed by atoms with E-state index in [1.807, 2.05) is 18.2 Å². The third-order valence-electron chi connectivity index (χ3n) is 2.62. The van der Waals surface area contributed by atoms with Gasteiger partial charge < -0.3 is 15.8 Å². The van der Waals surface area contributed by atoms with Crippen LogP contribution in [0.25, 0.3) is 10.9 Å². The topological polar surface area (TPSA) is 73.1 Å². The van der Waals surface area contributed by atoms with Gasteiger partial charge in [-0.3, -0.25) is 0 Å². The Labute approximate surface area is 106 Å². The lowest BCUT2D eigenvalue weighted by Gasteiger charge is -2.26. The first-order valence-electron chi connectivity index (χ1n) is 5.79. The molecule has 5 nitrogen and oxygen atoms in total. The summed E-state index contributed by atoms with van der Waals surface area (Å²) in [6.45, 7) is 4.71. The number of methoxy groups -OCH3 is 1. The lowest BCUT2D eigenvalue weighted by molar-refractivity contribution is 0.158. The van der Waals surface area contributed by atoms with Crippen LogP contribution in [0.2, 0.25) is 0 Å². The fourth-order valence-corrected chi connectivity index (χ4v) is 1.89. The molecule has 3 N–H and O–H groups in total. The Balaban J connectivity index is 2.39. The standard InChI is InChI=1S/C13H18N4O/c1-13(2,7-18-3)17-12-10-5-4-9(14)6-11(10)15-8-16-12/h4-6,8H,7,14H2,1-3H3,(H,15,16,17). The molecule has 1 aromatic carbocycles. The minimum atomic E-state index is -0.197. The number of hydrogen-bond acceptors (Lipinski definition) is 5. The minimum Gasteiger partial charge on any atom is -0.399 e. The number of nitrogens with two attached hydrogens (primary N) is 1. The summed E-state index contributed by atoms with van der Waals surface area (Å²) in [4.78, 5) is 8.50. The van der Waals surface area contributed by atoms with Crippen LogP contribution in [0.15, 0.2) is 24.5 Å². The van der Waals surface area contributed by atoms with E-state index in [0.717, 1.165) is 16.7 Å². The maximum Gasteiger partial charge on any atom is 0.137 e. The first-order valence-corrected chi connectivity index (χ1v) is 5.79. The van der Waals surface area contributed by atoms with Crippen molar-refractivity contribution in [2.45, 2.75) is 19.4 Å². The van der Waals surface area contributed by atoms with Crippen LogP contribution in [-0.4, -0.2) is 29.2 Å². The van der Waals surface area contributed by atoms with E-state index in [1.165, 1.54) is 6.33 Å². The van der Waals surface area contributed by atoms with Gasteiger partial charge in [0, 0.05) is 18.2 Å². The number of hydrogen-bond donors (Lipinski definition) is 2. The third-order valence-corrected chi connectivity index (χ3v) is 2.62. The Kier molecular flexibility index (Phi) is 3.34. The van der Waals surface area contributed by atoms with Crippen molar-refractivity contribution in [3.8, 4) is 0 Å². The molecule has 0 radical (unpaired) electrons. The van der Waals surface area contributed by atoms with E-state index in [1.54, 1.807) is 7.11 Å². The van der Waals surface area contributed by atoms with Crippen molar-refractivity contribution in [2.75, 3.05) is 24.8 Å². The first kappa shape index (κ1) is 12.6. The molecule has 0 aliphatic rings. The Morgan fingerprint density at radius 3 is 2.83 bits per heavy atom. The Morgan fingerprint density at radius 2 is 2.11 bits per heavy atom. The fraction of sp³-hybridized carbons (Fsp3) is 0.385. The molecule has 96 valence electrons. The van der Waals surface area contributed by atoms with Gasteiger partial charge in [-0.2, -0.15) is 0 Å². The molecule has 0 saturated heterocycles. The van der Waals surface area contributed by atoms with Crippen molar-refractivity contribution < 1.29 is 4.74 Å². The second-order valence-corrected chi connectivity index (χ2v) is 4.94. The predicted octanol–water partition coefficient (Wildman–Crippen LogP) is 2.05. The zero-order valence-electron chi connectivity index (χ0n) is 10.9. The second-order valence-electron chi connectivity index (χ2n) is 4.94. The van der Waals surface area contributed by atoms with Crippen LogP contribution in [0.3, 0.4) is 0 Å². The SMILES string of the molecule is COCC(C)(C)Nc1ncnc2cc(N)ccc12. The molecule has 2 aromatic rings. The van der Waals surface area contributed by atoms with E-state index in [2.05, 4.69) is 29.1 Å². The van der Waals surface area contributed by atoms with E-state index in [9.17, 15) is 0 Å². The van der Waals surface area contributed by atoms with Crippen molar-refractivity contribution in [2.24, 2.45) is 0 Å². The molecule has 0 amide bonds. The molecule has 1 aromatic heterocycles. The molecule has 5 heteroatoms. The average Bonchev–Trinajstić information content (AvgIpc) is 2.28. The van der Waals surface area contributed by atoms with Crippen LogP contribution in [0.4, 0.5) is 11.5 Å². The number of rotatable bonds is 4. The molecule has 0 aliphatic heterocycles. The summed E-state index contributed by atoms with van der Waals surface area (Å²) in [6, 6.07) is 5.61. The van der Waals surface area contributed by atoms with Crippen LogP contribution in [0, 0.1) is 0 Å². The molecule has 1 heterocycles. The number of nitrogens with one attached hydrogen (secondary N) is 1. The van der Waals surface area contributed by atoms with Crippen molar-refractivity contribution in [1.29, 1.82) is 0 Å². The summed E-state index contributed by atoms with van der Waals surface area (Å²) >= 11 is 0. The van der Waals surface area contributed by atoms with E-state index in [-0.39, 0.29) is 5.54 Å². The maximum atomic E-state index is 5.75. The summed E-state index contributed by atoms with van der Waals surface area (Å²) in [7, 11) is 1.68. The van der Waals surface area contributed by atoms with Crippen LogP contribution in [0.5, 0.6) is 0 Å². The minimum absolute atomic E-state index is 0.197. The summed E-state index contributed by atoms with van der Waals surface area (Å²) in [5.74, 6) is 0.794. The van der Waals surface area contributed by atoms with E-state index >= 15 is 0 Å². The largest absolute Gasteiger partial charge is 0.399 e. The van der Waals surface area contributed by atoms with Crippen LogP contribution < -0.4 is 11.1 Å². The second kappa shape index (κ2) is 4.78. The van der Waals surface area contributed by atoms with Gasteiger partial charge in [0.15, 0.2) is 0 Å². The van der Waals surface area contributed by atoms with Crippen molar-refractivity contribution >= 4 is 22.4 Å². The predicted molar refractivity (Wildman–Crippen MR) is 73.5 cm³/mol. The molecule has 18 heavy (non-hydrogen) atoms. The average molecular weight is 246 g/mol. The van der Waals surface area contributed by atoms with Gasteiger partial charge in [0.05, 0.1) is 17.7 Å².